The molecule has 0 aliphatic carbocycles. The summed E-state index contributed by atoms with van der Waals surface area (Å²) in [5.41, 5.74) is 0.590. The van der Waals surface area contributed by atoms with Crippen LogP contribution in [0.25, 0.3) is 0 Å². The Morgan fingerprint density at radius 2 is 2.21 bits per heavy atom. The molecule has 0 saturated carbocycles. The molecule has 108 valence electrons. The van der Waals surface area contributed by atoms with Gasteiger partial charge in [0.1, 0.15) is 0 Å². The number of amides is 1. The zero-order valence-corrected chi connectivity index (χ0v) is 10.5. The van der Waals surface area contributed by atoms with Crippen molar-refractivity contribution in [2.75, 3.05) is 20.3 Å². The number of carbonyl (C=O) groups excluding carboxylic acids is 1. The van der Waals surface area contributed by atoms with Gasteiger partial charge in [0.15, 0.2) is 0 Å². The van der Waals surface area contributed by atoms with Gasteiger partial charge in [-0.1, -0.05) is 0 Å². The lowest BCUT2D eigenvalue weighted by Gasteiger charge is -2.09. The third-order valence-electron chi connectivity index (χ3n) is 2.06. The van der Waals surface area contributed by atoms with Gasteiger partial charge in [-0.05, 0) is 13.3 Å². The number of imidazole rings is 1. The van der Waals surface area contributed by atoms with Crippen LogP contribution in [0.2, 0.25) is 0 Å². The minimum atomic E-state index is -4.64. The number of hydrogen-bond donors (Lipinski definition) is 1. The van der Waals surface area contributed by atoms with Crippen LogP contribution >= 0.6 is 0 Å². The summed E-state index contributed by atoms with van der Waals surface area (Å²) in [5.74, 6) is 0. The first-order valence-electron chi connectivity index (χ1n) is 5.42. The Labute approximate surface area is 107 Å². The SMILES string of the molecule is COc1nc(C)cn1C(=O)NCCCOC(F)(F)F. The van der Waals surface area contributed by atoms with E-state index in [0.29, 0.717) is 5.69 Å². The van der Waals surface area contributed by atoms with Gasteiger partial charge in [-0.2, -0.15) is 0 Å². The smallest absolute Gasteiger partial charge is 0.468 e. The lowest BCUT2D eigenvalue weighted by molar-refractivity contribution is -0.324. The number of nitrogens with one attached hydrogen (secondary N) is 1. The van der Waals surface area contributed by atoms with Crippen LogP contribution in [0.3, 0.4) is 0 Å². The number of alkyl halides is 3. The molecule has 0 saturated heterocycles. The van der Waals surface area contributed by atoms with Crippen LogP contribution in [0.15, 0.2) is 6.20 Å². The van der Waals surface area contributed by atoms with Crippen LogP contribution in [-0.4, -0.2) is 42.2 Å². The number of halogens is 3. The highest BCUT2D eigenvalue weighted by Crippen LogP contribution is 2.15. The summed E-state index contributed by atoms with van der Waals surface area (Å²) < 4.78 is 44.6. The van der Waals surface area contributed by atoms with E-state index in [2.05, 4.69) is 15.0 Å². The van der Waals surface area contributed by atoms with Gasteiger partial charge in [0.25, 0.3) is 0 Å². The summed E-state index contributed by atoms with van der Waals surface area (Å²) in [7, 11) is 1.36. The number of ether oxygens (including phenoxy) is 2. The average Bonchev–Trinajstić information content (AvgIpc) is 2.68. The molecule has 0 fully saturated rings. The average molecular weight is 281 g/mol. The van der Waals surface area contributed by atoms with Gasteiger partial charge in [-0.3, -0.25) is 4.74 Å². The summed E-state index contributed by atoms with van der Waals surface area (Å²) in [6.45, 7) is 1.22. The van der Waals surface area contributed by atoms with Gasteiger partial charge in [0.2, 0.25) is 0 Å². The van der Waals surface area contributed by atoms with E-state index in [0.717, 1.165) is 4.57 Å². The molecule has 1 aromatic rings. The van der Waals surface area contributed by atoms with Gasteiger partial charge in [-0.25, -0.2) is 14.3 Å². The zero-order chi connectivity index (χ0) is 14.5. The van der Waals surface area contributed by atoms with E-state index in [-0.39, 0.29) is 19.0 Å². The van der Waals surface area contributed by atoms with Crippen molar-refractivity contribution < 1.29 is 27.4 Å². The van der Waals surface area contributed by atoms with Crippen molar-refractivity contribution >= 4 is 6.03 Å². The number of nitrogens with zero attached hydrogens (tertiary/aromatic N) is 2. The Hall–Kier alpha value is -1.77. The Morgan fingerprint density at radius 1 is 1.53 bits per heavy atom. The van der Waals surface area contributed by atoms with E-state index in [1.165, 1.54) is 13.3 Å². The topological polar surface area (TPSA) is 65.4 Å². The molecule has 0 aliphatic rings. The number of rotatable bonds is 5. The highest BCUT2D eigenvalue weighted by atomic mass is 19.4. The van der Waals surface area contributed by atoms with Crippen molar-refractivity contribution in [2.45, 2.75) is 19.7 Å². The molecule has 0 bridgehead atoms. The van der Waals surface area contributed by atoms with Gasteiger partial charge in [-0.15, -0.1) is 13.2 Å². The Morgan fingerprint density at radius 3 is 2.79 bits per heavy atom. The summed E-state index contributed by atoms with van der Waals surface area (Å²) in [6, 6.07) is -0.411. The number of aryl methyl sites for hydroxylation is 1. The Kier molecular flexibility index (Phi) is 5.16. The lowest BCUT2D eigenvalue weighted by Crippen LogP contribution is -2.30. The van der Waals surface area contributed by atoms with Crippen LogP contribution in [0.5, 0.6) is 6.01 Å². The Balaban J connectivity index is 2.35. The number of methoxy groups -OCH3 is 1. The molecule has 1 aromatic heterocycles. The van der Waals surface area contributed by atoms with Crippen LogP contribution in [0.1, 0.15) is 12.1 Å². The molecule has 6 nitrogen and oxygen atoms in total. The van der Waals surface area contributed by atoms with Crippen molar-refractivity contribution in [1.82, 2.24) is 14.9 Å². The number of hydrogen-bond acceptors (Lipinski definition) is 4. The van der Waals surface area contributed by atoms with Gasteiger partial charge in [0.05, 0.1) is 19.4 Å². The summed E-state index contributed by atoms with van der Waals surface area (Å²) in [4.78, 5) is 15.6. The van der Waals surface area contributed by atoms with Crippen molar-refractivity contribution in [3.8, 4) is 6.01 Å². The molecule has 0 aromatic carbocycles. The molecule has 0 spiro atoms. The quantitative estimate of drug-likeness (QED) is 0.834. The molecule has 19 heavy (non-hydrogen) atoms. The predicted molar refractivity (Wildman–Crippen MR) is 58.9 cm³/mol. The van der Waals surface area contributed by atoms with Crippen molar-refractivity contribution in [2.24, 2.45) is 0 Å². The van der Waals surface area contributed by atoms with Crippen LogP contribution in [0.4, 0.5) is 18.0 Å². The van der Waals surface area contributed by atoms with Crippen LogP contribution < -0.4 is 10.1 Å². The third kappa shape index (κ3) is 5.16. The Bertz CT molecular complexity index is 431. The fraction of sp³-hybridized carbons (Fsp3) is 0.600. The molecular formula is C10H14F3N3O3. The van der Waals surface area contributed by atoms with E-state index in [1.54, 1.807) is 6.92 Å². The maximum absolute atomic E-state index is 11.7. The largest absolute Gasteiger partial charge is 0.522 e. The van der Waals surface area contributed by atoms with E-state index >= 15 is 0 Å². The molecule has 1 rings (SSSR count). The maximum atomic E-state index is 11.7. The second-order valence-electron chi connectivity index (χ2n) is 3.62. The second kappa shape index (κ2) is 6.41. The van der Waals surface area contributed by atoms with Crippen molar-refractivity contribution in [3.05, 3.63) is 11.9 Å². The molecule has 0 unspecified atom stereocenters. The van der Waals surface area contributed by atoms with Crippen LogP contribution in [-0.2, 0) is 4.74 Å². The normalized spacial score (nSPS) is 11.4. The van der Waals surface area contributed by atoms with E-state index < -0.39 is 19.0 Å². The fourth-order valence-electron chi connectivity index (χ4n) is 1.31. The van der Waals surface area contributed by atoms with Crippen molar-refractivity contribution in [3.63, 3.8) is 0 Å². The minimum absolute atomic E-state index is 0.0429. The molecule has 1 N–H and O–H groups in total. The van der Waals surface area contributed by atoms with Crippen molar-refractivity contribution in [1.29, 1.82) is 0 Å². The maximum Gasteiger partial charge on any atom is 0.522 e. The summed E-state index contributed by atoms with van der Waals surface area (Å²) >= 11 is 0. The molecule has 1 heterocycles. The first-order valence-corrected chi connectivity index (χ1v) is 5.42. The second-order valence-corrected chi connectivity index (χ2v) is 3.62. The van der Waals surface area contributed by atoms with Gasteiger partial charge < -0.3 is 10.1 Å². The third-order valence-corrected chi connectivity index (χ3v) is 2.06. The van der Waals surface area contributed by atoms with E-state index in [4.69, 9.17) is 4.74 Å². The molecule has 1 amide bonds. The van der Waals surface area contributed by atoms with Gasteiger partial charge in [0, 0.05) is 12.7 Å². The molecule has 0 radical (unpaired) electrons. The molecule has 0 aliphatic heterocycles. The first kappa shape index (κ1) is 15.3. The first-order chi connectivity index (χ1) is 8.83. The standard InChI is InChI=1S/C10H14F3N3O3/c1-7-6-16(9(15-7)18-2)8(17)14-4-3-5-19-10(11,12)13/h6H,3-5H2,1-2H3,(H,14,17). The monoisotopic (exact) mass is 281 g/mol. The van der Waals surface area contributed by atoms with E-state index in [1.807, 2.05) is 0 Å². The molecule has 0 atom stereocenters. The molecular weight excluding hydrogens is 267 g/mol. The zero-order valence-electron chi connectivity index (χ0n) is 10.5. The fourth-order valence-corrected chi connectivity index (χ4v) is 1.31. The lowest BCUT2D eigenvalue weighted by atomic mass is 10.4. The number of carbonyl (C=O) groups is 1. The minimum Gasteiger partial charge on any atom is -0.468 e. The highest BCUT2D eigenvalue weighted by Gasteiger charge is 2.28. The summed E-state index contributed by atoms with van der Waals surface area (Å²) in [5, 5.41) is 2.43. The number of aromatic nitrogens is 2. The van der Waals surface area contributed by atoms with Gasteiger partial charge >= 0.3 is 18.4 Å². The highest BCUT2D eigenvalue weighted by molar-refractivity contribution is 5.78. The molecule has 9 heteroatoms. The summed E-state index contributed by atoms with van der Waals surface area (Å²) in [6.07, 6.45) is -3.14. The van der Waals surface area contributed by atoms with E-state index in [9.17, 15) is 18.0 Å². The van der Waals surface area contributed by atoms with Crippen LogP contribution in [0, 0.1) is 6.92 Å². The predicted octanol–water partition coefficient (Wildman–Crippen LogP) is 1.68.